The van der Waals surface area contributed by atoms with Crippen LogP contribution in [-0.2, 0) is 9.59 Å². The van der Waals surface area contributed by atoms with E-state index in [0.717, 1.165) is 35.3 Å². The average molecular weight is 476 g/mol. The van der Waals surface area contributed by atoms with Crippen molar-refractivity contribution in [3.63, 3.8) is 0 Å². The summed E-state index contributed by atoms with van der Waals surface area (Å²) in [5.74, 6) is -0.790. The number of aliphatic hydroxyl groups excluding tert-OH is 1. The molecule has 1 N–H and O–H groups in total. The van der Waals surface area contributed by atoms with Gasteiger partial charge in [0.15, 0.2) is 0 Å². The van der Waals surface area contributed by atoms with E-state index in [9.17, 15) is 14.7 Å². The van der Waals surface area contributed by atoms with Crippen LogP contribution < -0.4 is 9.64 Å². The number of amides is 1. The first-order chi connectivity index (χ1) is 16.4. The van der Waals surface area contributed by atoms with Gasteiger partial charge in [0.25, 0.3) is 11.7 Å². The summed E-state index contributed by atoms with van der Waals surface area (Å²) in [7, 11) is 0. The lowest BCUT2D eigenvalue weighted by atomic mass is 9.99. The van der Waals surface area contributed by atoms with Crippen molar-refractivity contribution in [3.05, 3.63) is 87.1 Å². The molecule has 1 unspecified atom stereocenters. The van der Waals surface area contributed by atoms with Crippen molar-refractivity contribution in [2.45, 2.75) is 46.1 Å². The van der Waals surface area contributed by atoms with Gasteiger partial charge in [-0.1, -0.05) is 38.0 Å². The summed E-state index contributed by atoms with van der Waals surface area (Å²) < 4.78 is 5.76. The molecule has 1 fully saturated rings. The summed E-state index contributed by atoms with van der Waals surface area (Å²) in [5, 5.41) is 13.2. The first-order valence-electron chi connectivity index (χ1n) is 11.6. The standard InChI is InChI=1S/C28H29NO4S/c1-4-5-6-15-33-21-13-11-20(12-14-21)26(30)24-25(23-8-7-16-34-23)29(28(32)27(24)31)22-17-18(2)9-10-19(22)3/h7-14,16-17,25,30H,4-6,15H2,1-3H3/b26-24-. The Morgan fingerprint density at radius 2 is 1.82 bits per heavy atom. The number of carbonyl (C=O) groups excluding carboxylic acids is 2. The van der Waals surface area contributed by atoms with E-state index in [1.807, 2.05) is 49.6 Å². The SMILES string of the molecule is CCCCCOc1ccc(/C(O)=C2/C(=O)C(=O)N(c3cc(C)ccc3C)C2c2cccs2)cc1. The zero-order valence-corrected chi connectivity index (χ0v) is 20.5. The Bertz CT molecular complexity index is 1210. The summed E-state index contributed by atoms with van der Waals surface area (Å²) in [6.45, 7) is 6.65. The van der Waals surface area contributed by atoms with Crippen LogP contribution in [0.1, 0.15) is 53.8 Å². The molecule has 6 heteroatoms. The second-order valence-corrected chi connectivity index (χ2v) is 9.53. The number of hydrogen-bond donors (Lipinski definition) is 1. The zero-order valence-electron chi connectivity index (χ0n) is 19.7. The largest absolute Gasteiger partial charge is 0.507 e. The van der Waals surface area contributed by atoms with Gasteiger partial charge < -0.3 is 9.84 Å². The van der Waals surface area contributed by atoms with Crippen LogP contribution in [0.3, 0.4) is 0 Å². The fraction of sp³-hybridized carbons (Fsp3) is 0.286. The number of Topliss-reactive ketones (excluding diaryl/α,β-unsaturated/α-hetero) is 1. The molecule has 0 aliphatic carbocycles. The molecule has 2 aromatic carbocycles. The van der Waals surface area contributed by atoms with Gasteiger partial charge in [-0.3, -0.25) is 14.5 Å². The molecule has 0 bridgehead atoms. The average Bonchev–Trinajstić information content (AvgIpc) is 3.45. The third kappa shape index (κ3) is 4.64. The number of thiophene rings is 1. The minimum absolute atomic E-state index is 0.102. The van der Waals surface area contributed by atoms with Gasteiger partial charge in [0.1, 0.15) is 17.6 Å². The Balaban J connectivity index is 1.74. The van der Waals surface area contributed by atoms with Crippen LogP contribution in [-0.4, -0.2) is 23.4 Å². The van der Waals surface area contributed by atoms with Crippen LogP contribution in [0.5, 0.6) is 5.75 Å². The first kappa shape index (κ1) is 23.8. The molecular weight excluding hydrogens is 446 g/mol. The molecule has 0 saturated carbocycles. The molecule has 2 heterocycles. The maximum atomic E-state index is 13.3. The normalized spacial score (nSPS) is 17.4. The minimum Gasteiger partial charge on any atom is -0.507 e. The molecule has 1 atom stereocenters. The van der Waals surface area contributed by atoms with Crippen molar-refractivity contribution in [3.8, 4) is 5.75 Å². The Morgan fingerprint density at radius 1 is 1.06 bits per heavy atom. The smallest absolute Gasteiger partial charge is 0.300 e. The van der Waals surface area contributed by atoms with Gasteiger partial charge in [-0.05, 0) is 73.2 Å². The molecule has 0 spiro atoms. The molecule has 176 valence electrons. The van der Waals surface area contributed by atoms with Crippen molar-refractivity contribution in [1.29, 1.82) is 0 Å². The Morgan fingerprint density at radius 3 is 2.50 bits per heavy atom. The number of ketones is 1. The predicted octanol–water partition coefficient (Wildman–Crippen LogP) is 6.56. The molecule has 1 aliphatic rings. The Kier molecular flexibility index (Phi) is 7.17. The maximum absolute atomic E-state index is 13.3. The molecule has 1 amide bonds. The van der Waals surface area contributed by atoms with Crippen molar-refractivity contribution in [1.82, 2.24) is 0 Å². The second kappa shape index (κ2) is 10.3. The van der Waals surface area contributed by atoms with Gasteiger partial charge in [-0.2, -0.15) is 0 Å². The number of aliphatic hydroxyl groups is 1. The number of aryl methyl sites for hydroxylation is 2. The topological polar surface area (TPSA) is 66.8 Å². The van der Waals surface area contributed by atoms with Crippen LogP contribution >= 0.6 is 11.3 Å². The summed E-state index contributed by atoms with van der Waals surface area (Å²) >= 11 is 1.45. The van der Waals surface area contributed by atoms with Gasteiger partial charge in [-0.15, -0.1) is 11.3 Å². The van der Waals surface area contributed by atoms with E-state index in [1.54, 1.807) is 24.3 Å². The van der Waals surface area contributed by atoms with E-state index < -0.39 is 17.7 Å². The Labute approximate surface area is 204 Å². The lowest BCUT2D eigenvalue weighted by Gasteiger charge is -2.26. The van der Waals surface area contributed by atoms with Crippen molar-refractivity contribution < 1.29 is 19.4 Å². The predicted molar refractivity (Wildman–Crippen MR) is 136 cm³/mol. The lowest BCUT2D eigenvalue weighted by molar-refractivity contribution is -0.132. The van der Waals surface area contributed by atoms with E-state index in [0.29, 0.717) is 23.6 Å². The fourth-order valence-corrected chi connectivity index (χ4v) is 5.01. The number of unbranched alkanes of at least 4 members (excludes halogenated alkanes) is 2. The second-order valence-electron chi connectivity index (χ2n) is 8.55. The van der Waals surface area contributed by atoms with Crippen LogP contribution in [0, 0.1) is 13.8 Å². The number of benzene rings is 2. The molecule has 5 nitrogen and oxygen atoms in total. The highest BCUT2D eigenvalue weighted by Crippen LogP contribution is 2.44. The van der Waals surface area contributed by atoms with Crippen LogP contribution in [0.4, 0.5) is 5.69 Å². The monoisotopic (exact) mass is 475 g/mol. The third-order valence-corrected chi connectivity index (χ3v) is 6.95. The summed E-state index contributed by atoms with van der Waals surface area (Å²) in [6, 6.07) is 15.9. The van der Waals surface area contributed by atoms with Gasteiger partial charge >= 0.3 is 0 Å². The first-order valence-corrected chi connectivity index (χ1v) is 12.4. The maximum Gasteiger partial charge on any atom is 0.300 e. The molecule has 1 aromatic heterocycles. The lowest BCUT2D eigenvalue weighted by Crippen LogP contribution is -2.29. The number of rotatable bonds is 8. The van der Waals surface area contributed by atoms with Crippen molar-refractivity contribution in [2.24, 2.45) is 0 Å². The molecule has 4 rings (SSSR count). The highest BCUT2D eigenvalue weighted by molar-refractivity contribution is 7.10. The number of anilines is 1. The van der Waals surface area contributed by atoms with Crippen LogP contribution in [0.25, 0.3) is 5.76 Å². The minimum atomic E-state index is -0.689. The third-order valence-electron chi connectivity index (χ3n) is 6.03. The fourth-order valence-electron chi connectivity index (χ4n) is 4.18. The molecule has 34 heavy (non-hydrogen) atoms. The van der Waals surface area contributed by atoms with Gasteiger partial charge in [0.2, 0.25) is 0 Å². The zero-order chi connectivity index (χ0) is 24.2. The highest BCUT2D eigenvalue weighted by atomic mass is 32.1. The summed E-state index contributed by atoms with van der Waals surface area (Å²) in [5.41, 5.74) is 3.13. The number of carbonyl (C=O) groups is 2. The molecule has 0 radical (unpaired) electrons. The van der Waals surface area contributed by atoms with E-state index in [2.05, 4.69) is 6.92 Å². The quantitative estimate of drug-likeness (QED) is 0.173. The molecular formula is C28H29NO4S. The van der Waals surface area contributed by atoms with Gasteiger partial charge in [0.05, 0.1) is 12.2 Å². The number of hydrogen-bond acceptors (Lipinski definition) is 5. The molecule has 1 aliphatic heterocycles. The van der Waals surface area contributed by atoms with E-state index in [-0.39, 0.29) is 11.3 Å². The summed E-state index contributed by atoms with van der Waals surface area (Å²) in [6.07, 6.45) is 3.23. The summed E-state index contributed by atoms with van der Waals surface area (Å²) in [4.78, 5) is 28.8. The van der Waals surface area contributed by atoms with E-state index >= 15 is 0 Å². The van der Waals surface area contributed by atoms with Gasteiger partial charge in [0, 0.05) is 16.1 Å². The van der Waals surface area contributed by atoms with E-state index in [4.69, 9.17) is 4.74 Å². The van der Waals surface area contributed by atoms with Crippen LogP contribution in [0.15, 0.2) is 65.6 Å². The van der Waals surface area contributed by atoms with E-state index in [1.165, 1.54) is 16.2 Å². The van der Waals surface area contributed by atoms with Crippen molar-refractivity contribution in [2.75, 3.05) is 11.5 Å². The van der Waals surface area contributed by atoms with Crippen LogP contribution in [0.2, 0.25) is 0 Å². The number of ether oxygens (including phenoxy) is 1. The van der Waals surface area contributed by atoms with Gasteiger partial charge in [-0.25, -0.2) is 0 Å². The molecule has 1 saturated heterocycles. The Hall–Kier alpha value is -3.38. The van der Waals surface area contributed by atoms with Crippen molar-refractivity contribution >= 4 is 34.5 Å². The molecule has 3 aromatic rings. The highest BCUT2D eigenvalue weighted by Gasteiger charge is 2.47. The number of nitrogens with zero attached hydrogens (tertiary/aromatic N) is 1.